The number of fused-ring (bicyclic) bond motifs is 3. The van der Waals surface area contributed by atoms with Crippen LogP contribution in [0.1, 0.15) is 43.2 Å². The number of esters is 1. The molecule has 0 bridgehead atoms. The lowest BCUT2D eigenvalue weighted by Crippen LogP contribution is -2.24. The van der Waals surface area contributed by atoms with E-state index >= 15 is 0 Å². The van der Waals surface area contributed by atoms with Crippen LogP contribution in [0.25, 0.3) is 10.9 Å². The Labute approximate surface area is 113 Å². The second-order valence-electron chi connectivity index (χ2n) is 6.10. The lowest BCUT2D eigenvalue weighted by molar-refractivity contribution is 0.00707. The highest BCUT2D eigenvalue weighted by molar-refractivity contribution is 6.06. The smallest absolute Gasteiger partial charge is 0.341 e. The number of aromatic nitrogens is 1. The molecule has 0 fully saturated rings. The molecule has 3 heteroatoms. The van der Waals surface area contributed by atoms with Crippen molar-refractivity contribution < 1.29 is 9.53 Å². The van der Waals surface area contributed by atoms with E-state index < -0.39 is 5.60 Å². The second kappa shape index (κ2) is 4.12. The number of carbonyl (C=O) groups is 1. The van der Waals surface area contributed by atoms with E-state index in [0.717, 1.165) is 41.5 Å². The van der Waals surface area contributed by atoms with Gasteiger partial charge in [-0.3, -0.25) is 0 Å². The third kappa shape index (κ3) is 2.03. The Morgan fingerprint density at radius 3 is 2.74 bits per heavy atom. The number of nitrogens with zero attached hydrogens (tertiary/aromatic N) is 1. The Bertz CT molecular complexity index is 647. The van der Waals surface area contributed by atoms with E-state index in [9.17, 15) is 4.79 Å². The Balaban J connectivity index is 2.16. The summed E-state index contributed by atoms with van der Waals surface area (Å²) in [4.78, 5) is 12.5. The molecule has 3 nitrogen and oxygen atoms in total. The molecular weight excluding hydrogens is 238 g/mol. The van der Waals surface area contributed by atoms with Crippen LogP contribution in [0.15, 0.2) is 24.3 Å². The van der Waals surface area contributed by atoms with E-state index in [1.165, 1.54) is 0 Å². The molecule has 0 spiro atoms. The highest BCUT2D eigenvalue weighted by atomic mass is 16.6. The zero-order valence-electron chi connectivity index (χ0n) is 11.7. The number of aryl methyl sites for hydroxylation is 1. The van der Waals surface area contributed by atoms with Gasteiger partial charge >= 0.3 is 5.97 Å². The van der Waals surface area contributed by atoms with E-state index in [1.54, 1.807) is 0 Å². The third-order valence-electron chi connectivity index (χ3n) is 3.48. The Hall–Kier alpha value is -1.77. The van der Waals surface area contributed by atoms with Crippen molar-refractivity contribution in [1.82, 2.24) is 4.57 Å². The molecule has 2 heterocycles. The number of carbonyl (C=O) groups excluding carboxylic acids is 1. The highest BCUT2D eigenvalue weighted by Gasteiger charge is 2.28. The molecule has 1 aromatic heterocycles. The molecule has 1 aliphatic rings. The molecule has 19 heavy (non-hydrogen) atoms. The summed E-state index contributed by atoms with van der Waals surface area (Å²) in [5, 5.41) is 1.02. The van der Waals surface area contributed by atoms with Crippen LogP contribution in [0.4, 0.5) is 0 Å². The fourth-order valence-electron chi connectivity index (χ4n) is 2.83. The van der Waals surface area contributed by atoms with Gasteiger partial charge in [-0.1, -0.05) is 18.2 Å². The van der Waals surface area contributed by atoms with Crippen LogP contribution in [0, 0.1) is 0 Å². The number of hydrogen-bond donors (Lipinski definition) is 0. The first-order valence-corrected chi connectivity index (χ1v) is 6.81. The van der Waals surface area contributed by atoms with Crippen LogP contribution in [0.3, 0.4) is 0 Å². The summed E-state index contributed by atoms with van der Waals surface area (Å²) in [6.07, 6.45) is 2.07. The SMILES string of the molecule is CC(C)(C)OC(=O)c1c2n(c3ccccc13)CCC2. The molecule has 0 unspecified atom stereocenters. The van der Waals surface area contributed by atoms with Crippen LogP contribution >= 0.6 is 0 Å². The minimum absolute atomic E-state index is 0.195. The molecule has 0 atom stereocenters. The molecule has 100 valence electrons. The largest absolute Gasteiger partial charge is 0.456 e. The summed E-state index contributed by atoms with van der Waals surface area (Å²) in [5.74, 6) is -0.195. The van der Waals surface area contributed by atoms with E-state index in [0.29, 0.717) is 0 Å². The maximum Gasteiger partial charge on any atom is 0.341 e. The highest BCUT2D eigenvalue weighted by Crippen LogP contribution is 2.32. The lowest BCUT2D eigenvalue weighted by Gasteiger charge is -2.19. The monoisotopic (exact) mass is 257 g/mol. The topological polar surface area (TPSA) is 31.2 Å². The zero-order valence-corrected chi connectivity index (χ0v) is 11.7. The molecule has 0 radical (unpaired) electrons. The molecule has 0 saturated carbocycles. The van der Waals surface area contributed by atoms with Crippen molar-refractivity contribution in [2.24, 2.45) is 0 Å². The minimum Gasteiger partial charge on any atom is -0.456 e. The quantitative estimate of drug-likeness (QED) is 0.732. The Morgan fingerprint density at radius 1 is 1.26 bits per heavy atom. The summed E-state index contributed by atoms with van der Waals surface area (Å²) in [6, 6.07) is 8.09. The van der Waals surface area contributed by atoms with Crippen molar-refractivity contribution in [2.75, 3.05) is 0 Å². The van der Waals surface area contributed by atoms with Crippen LogP contribution in [0.5, 0.6) is 0 Å². The summed E-state index contributed by atoms with van der Waals surface area (Å²) in [7, 11) is 0. The summed E-state index contributed by atoms with van der Waals surface area (Å²) in [6.45, 7) is 6.72. The molecule has 3 rings (SSSR count). The van der Waals surface area contributed by atoms with Crippen molar-refractivity contribution in [3.8, 4) is 0 Å². The molecule has 0 aliphatic carbocycles. The Morgan fingerprint density at radius 2 is 2.00 bits per heavy atom. The minimum atomic E-state index is -0.453. The standard InChI is InChI=1S/C16H19NO2/c1-16(2,3)19-15(18)14-11-7-4-5-8-12(11)17-10-6-9-13(14)17/h4-5,7-8H,6,9-10H2,1-3H3. The number of rotatable bonds is 1. The van der Waals surface area contributed by atoms with Gasteiger partial charge in [0.05, 0.1) is 5.56 Å². The number of hydrogen-bond acceptors (Lipinski definition) is 2. The molecule has 0 saturated heterocycles. The molecule has 2 aromatic rings. The van der Waals surface area contributed by atoms with Gasteiger partial charge in [0.15, 0.2) is 0 Å². The first-order valence-electron chi connectivity index (χ1n) is 6.81. The maximum atomic E-state index is 12.5. The van der Waals surface area contributed by atoms with Gasteiger partial charge in [-0.15, -0.1) is 0 Å². The average molecular weight is 257 g/mol. The summed E-state index contributed by atoms with van der Waals surface area (Å²) in [5.41, 5.74) is 2.60. The third-order valence-corrected chi connectivity index (χ3v) is 3.48. The van der Waals surface area contributed by atoms with Crippen molar-refractivity contribution in [1.29, 1.82) is 0 Å². The normalized spacial score (nSPS) is 14.7. The molecule has 0 N–H and O–H groups in total. The number of benzene rings is 1. The van der Waals surface area contributed by atoms with Crippen molar-refractivity contribution in [2.45, 2.75) is 45.8 Å². The zero-order chi connectivity index (χ0) is 13.6. The van der Waals surface area contributed by atoms with Gasteiger partial charge in [-0.2, -0.15) is 0 Å². The molecule has 0 amide bonds. The fourth-order valence-corrected chi connectivity index (χ4v) is 2.83. The van der Waals surface area contributed by atoms with E-state index in [4.69, 9.17) is 4.74 Å². The summed E-state index contributed by atoms with van der Waals surface area (Å²) >= 11 is 0. The summed E-state index contributed by atoms with van der Waals surface area (Å²) < 4.78 is 7.82. The van der Waals surface area contributed by atoms with E-state index in [2.05, 4.69) is 10.6 Å². The van der Waals surface area contributed by atoms with Gasteiger partial charge < -0.3 is 9.30 Å². The maximum absolute atomic E-state index is 12.5. The van der Waals surface area contributed by atoms with Crippen LogP contribution in [-0.4, -0.2) is 16.1 Å². The Kier molecular flexibility index (Phi) is 2.66. The van der Waals surface area contributed by atoms with Crippen molar-refractivity contribution >= 4 is 16.9 Å². The fraction of sp³-hybridized carbons (Fsp3) is 0.438. The van der Waals surface area contributed by atoms with Crippen LogP contribution in [-0.2, 0) is 17.7 Å². The van der Waals surface area contributed by atoms with Gasteiger partial charge in [0.25, 0.3) is 0 Å². The van der Waals surface area contributed by atoms with Gasteiger partial charge in [-0.25, -0.2) is 4.79 Å². The van der Waals surface area contributed by atoms with Gasteiger partial charge in [0.2, 0.25) is 0 Å². The van der Waals surface area contributed by atoms with Crippen molar-refractivity contribution in [3.05, 3.63) is 35.5 Å². The van der Waals surface area contributed by atoms with Crippen LogP contribution < -0.4 is 0 Å². The predicted molar refractivity (Wildman–Crippen MR) is 75.4 cm³/mol. The number of ether oxygens (including phenoxy) is 1. The molecule has 1 aromatic carbocycles. The first kappa shape index (κ1) is 12.3. The van der Waals surface area contributed by atoms with Gasteiger partial charge in [-0.05, 0) is 39.7 Å². The number of para-hydroxylation sites is 1. The molecule has 1 aliphatic heterocycles. The first-order chi connectivity index (χ1) is 8.97. The lowest BCUT2D eigenvalue weighted by atomic mass is 10.1. The van der Waals surface area contributed by atoms with Crippen LogP contribution in [0.2, 0.25) is 0 Å². The van der Waals surface area contributed by atoms with E-state index in [1.807, 2.05) is 39.0 Å². The molecular formula is C16H19NO2. The van der Waals surface area contributed by atoms with Gasteiger partial charge in [0, 0.05) is 23.1 Å². The van der Waals surface area contributed by atoms with E-state index in [-0.39, 0.29) is 5.97 Å². The average Bonchev–Trinajstić information content (AvgIpc) is 2.85. The van der Waals surface area contributed by atoms with Crippen molar-refractivity contribution in [3.63, 3.8) is 0 Å². The van der Waals surface area contributed by atoms with Gasteiger partial charge in [0.1, 0.15) is 5.60 Å². The second-order valence-corrected chi connectivity index (χ2v) is 6.10. The predicted octanol–water partition coefficient (Wildman–Crippen LogP) is 3.54.